The number of nitrogens with one attached hydrogen (secondary N) is 1. The number of hydrogen-bond donors (Lipinski definition) is 2. The minimum Gasteiger partial charge on any atom is -0.397 e. The van der Waals surface area contributed by atoms with E-state index >= 15 is 0 Å². The maximum Gasteiger partial charge on any atom is 0.263 e. The summed E-state index contributed by atoms with van der Waals surface area (Å²) < 4.78 is 0. The van der Waals surface area contributed by atoms with E-state index in [1.54, 1.807) is 0 Å². The molecule has 2 aliphatic rings. The molecule has 0 spiro atoms. The van der Waals surface area contributed by atoms with Crippen LogP contribution in [0.4, 0.5) is 10.7 Å². The highest BCUT2D eigenvalue weighted by Crippen LogP contribution is 2.34. The second-order valence-electron chi connectivity index (χ2n) is 6.30. The Labute approximate surface area is 130 Å². The zero-order chi connectivity index (χ0) is 15.0. The first-order chi connectivity index (χ1) is 10.0. The van der Waals surface area contributed by atoms with Gasteiger partial charge >= 0.3 is 0 Å². The first-order valence-electron chi connectivity index (χ1n) is 7.66. The molecule has 1 aliphatic carbocycles. The number of amides is 1. The highest BCUT2D eigenvalue weighted by atomic mass is 32.1. The summed E-state index contributed by atoms with van der Waals surface area (Å²) in [4.78, 5) is 17.5. The van der Waals surface area contributed by atoms with Crippen LogP contribution in [-0.4, -0.2) is 50.1 Å². The van der Waals surface area contributed by atoms with E-state index in [-0.39, 0.29) is 5.91 Å². The van der Waals surface area contributed by atoms with E-state index in [1.807, 2.05) is 6.07 Å². The smallest absolute Gasteiger partial charge is 0.263 e. The van der Waals surface area contributed by atoms with Crippen molar-refractivity contribution in [2.24, 2.45) is 0 Å². The number of thiophene rings is 1. The van der Waals surface area contributed by atoms with Crippen molar-refractivity contribution in [2.75, 3.05) is 37.8 Å². The molecule has 1 amide bonds. The van der Waals surface area contributed by atoms with Crippen molar-refractivity contribution in [3.05, 3.63) is 10.9 Å². The van der Waals surface area contributed by atoms with Gasteiger partial charge in [-0.05, 0) is 45.8 Å². The van der Waals surface area contributed by atoms with E-state index in [2.05, 4.69) is 29.2 Å². The minimum absolute atomic E-state index is 0.00516. The third kappa shape index (κ3) is 3.32. The first kappa shape index (κ1) is 14.7. The molecule has 116 valence electrons. The lowest BCUT2D eigenvalue weighted by molar-refractivity contribution is 0.0956. The molecule has 3 N–H and O–H groups in total. The number of carbonyl (C=O) groups excluding carboxylic acids is 1. The maximum absolute atomic E-state index is 12.1. The van der Waals surface area contributed by atoms with Crippen LogP contribution in [0.15, 0.2) is 6.07 Å². The molecular weight excluding hydrogens is 284 g/mol. The Morgan fingerprint density at radius 1 is 1.33 bits per heavy atom. The van der Waals surface area contributed by atoms with Gasteiger partial charge in [-0.1, -0.05) is 0 Å². The van der Waals surface area contributed by atoms with Crippen LogP contribution in [0.3, 0.4) is 0 Å². The zero-order valence-corrected chi connectivity index (χ0v) is 13.6. The average molecular weight is 308 g/mol. The molecule has 1 saturated carbocycles. The fourth-order valence-electron chi connectivity index (χ4n) is 2.81. The van der Waals surface area contributed by atoms with Crippen molar-refractivity contribution >= 4 is 27.9 Å². The molecule has 0 radical (unpaired) electrons. The van der Waals surface area contributed by atoms with E-state index in [0.29, 0.717) is 22.6 Å². The topological polar surface area (TPSA) is 61.6 Å². The first-order valence-corrected chi connectivity index (χ1v) is 8.48. The molecule has 0 aromatic carbocycles. The van der Waals surface area contributed by atoms with Gasteiger partial charge in [-0.2, -0.15) is 0 Å². The van der Waals surface area contributed by atoms with Crippen LogP contribution >= 0.6 is 11.3 Å². The van der Waals surface area contributed by atoms with Gasteiger partial charge in [-0.25, -0.2) is 0 Å². The molecule has 1 aromatic heterocycles. The van der Waals surface area contributed by atoms with Crippen molar-refractivity contribution in [1.29, 1.82) is 0 Å². The standard InChI is InChI=1S/C15H24N4OS/c1-18(2)11-5-7-19(8-6-11)13-9-12(16)14(21-13)15(20)17-10-3-4-10/h9-11H,3-8,16H2,1-2H3,(H,17,20). The molecule has 6 heteroatoms. The number of carbonyl (C=O) groups is 1. The lowest BCUT2D eigenvalue weighted by atomic mass is 10.0. The molecular formula is C15H24N4OS. The molecule has 0 atom stereocenters. The number of piperidine rings is 1. The summed E-state index contributed by atoms with van der Waals surface area (Å²) in [5, 5.41) is 4.15. The Hall–Kier alpha value is -1.27. The van der Waals surface area contributed by atoms with Crippen LogP contribution < -0.4 is 16.0 Å². The van der Waals surface area contributed by atoms with Gasteiger partial charge in [0, 0.05) is 25.2 Å². The summed E-state index contributed by atoms with van der Waals surface area (Å²) in [5.74, 6) is -0.00516. The summed E-state index contributed by atoms with van der Waals surface area (Å²) in [5.41, 5.74) is 6.65. The van der Waals surface area contributed by atoms with Gasteiger partial charge in [-0.15, -0.1) is 11.3 Å². The lowest BCUT2D eigenvalue weighted by Gasteiger charge is -2.35. The quantitative estimate of drug-likeness (QED) is 0.889. The van der Waals surface area contributed by atoms with Gasteiger partial charge in [0.2, 0.25) is 0 Å². The second kappa shape index (κ2) is 5.85. The number of nitrogens with two attached hydrogens (primary N) is 1. The predicted molar refractivity (Wildman–Crippen MR) is 88.1 cm³/mol. The third-order valence-corrected chi connectivity index (χ3v) is 5.58. The lowest BCUT2D eigenvalue weighted by Crippen LogP contribution is -2.41. The number of nitrogens with zero attached hydrogens (tertiary/aromatic N) is 2. The van der Waals surface area contributed by atoms with Crippen LogP contribution in [-0.2, 0) is 0 Å². The molecule has 2 fully saturated rings. The molecule has 1 aliphatic heterocycles. The molecule has 21 heavy (non-hydrogen) atoms. The van der Waals surface area contributed by atoms with E-state index in [9.17, 15) is 4.79 Å². The van der Waals surface area contributed by atoms with Gasteiger partial charge in [0.05, 0.1) is 10.7 Å². The van der Waals surface area contributed by atoms with E-state index in [1.165, 1.54) is 11.3 Å². The number of nitrogen functional groups attached to an aromatic ring is 1. The van der Waals surface area contributed by atoms with Crippen LogP contribution in [0.5, 0.6) is 0 Å². The van der Waals surface area contributed by atoms with Gasteiger partial charge in [0.15, 0.2) is 0 Å². The van der Waals surface area contributed by atoms with Crippen molar-refractivity contribution in [3.8, 4) is 0 Å². The van der Waals surface area contributed by atoms with Gasteiger partial charge in [0.25, 0.3) is 5.91 Å². The molecule has 1 saturated heterocycles. The van der Waals surface area contributed by atoms with Crippen molar-refractivity contribution < 1.29 is 4.79 Å². The Bertz CT molecular complexity index is 516. The highest BCUT2D eigenvalue weighted by molar-refractivity contribution is 7.18. The fraction of sp³-hybridized carbons (Fsp3) is 0.667. The molecule has 0 bridgehead atoms. The molecule has 0 unspecified atom stereocenters. The maximum atomic E-state index is 12.1. The predicted octanol–water partition coefficient (Wildman–Crippen LogP) is 1.75. The summed E-state index contributed by atoms with van der Waals surface area (Å²) in [6, 6.07) is 3.00. The number of hydrogen-bond acceptors (Lipinski definition) is 5. The largest absolute Gasteiger partial charge is 0.397 e. The highest BCUT2D eigenvalue weighted by Gasteiger charge is 2.27. The second-order valence-corrected chi connectivity index (χ2v) is 7.33. The SMILES string of the molecule is CN(C)C1CCN(c2cc(N)c(C(=O)NC3CC3)s2)CC1. The summed E-state index contributed by atoms with van der Waals surface area (Å²) in [7, 11) is 4.29. The molecule has 5 nitrogen and oxygen atoms in total. The molecule has 2 heterocycles. The fourth-order valence-corrected chi connectivity index (χ4v) is 3.84. The normalized spacial score (nSPS) is 20.0. The van der Waals surface area contributed by atoms with Crippen LogP contribution in [0, 0.1) is 0 Å². The van der Waals surface area contributed by atoms with Gasteiger partial charge in [0.1, 0.15) is 4.88 Å². The van der Waals surface area contributed by atoms with Crippen molar-refractivity contribution in [3.63, 3.8) is 0 Å². The molecule has 3 rings (SSSR count). The average Bonchev–Trinajstić information content (AvgIpc) is 3.18. The third-order valence-electron chi connectivity index (χ3n) is 4.37. The van der Waals surface area contributed by atoms with E-state index in [4.69, 9.17) is 5.73 Å². The Kier molecular flexibility index (Phi) is 4.08. The van der Waals surface area contributed by atoms with Crippen molar-refractivity contribution in [2.45, 2.75) is 37.8 Å². The minimum atomic E-state index is -0.00516. The van der Waals surface area contributed by atoms with Crippen LogP contribution in [0.1, 0.15) is 35.4 Å². The Balaban J connectivity index is 1.65. The van der Waals surface area contributed by atoms with Crippen LogP contribution in [0.2, 0.25) is 0 Å². The van der Waals surface area contributed by atoms with E-state index in [0.717, 1.165) is 43.8 Å². The Morgan fingerprint density at radius 3 is 2.57 bits per heavy atom. The van der Waals surface area contributed by atoms with Crippen molar-refractivity contribution in [1.82, 2.24) is 10.2 Å². The molecule has 1 aromatic rings. The van der Waals surface area contributed by atoms with Gasteiger partial charge in [-0.3, -0.25) is 4.79 Å². The van der Waals surface area contributed by atoms with Gasteiger partial charge < -0.3 is 20.9 Å². The monoisotopic (exact) mass is 308 g/mol. The summed E-state index contributed by atoms with van der Waals surface area (Å²) >= 11 is 1.53. The Morgan fingerprint density at radius 2 is 2.00 bits per heavy atom. The zero-order valence-electron chi connectivity index (χ0n) is 12.8. The summed E-state index contributed by atoms with van der Waals surface area (Å²) in [6.07, 6.45) is 4.52. The number of rotatable bonds is 4. The number of anilines is 2. The summed E-state index contributed by atoms with van der Waals surface area (Å²) in [6.45, 7) is 2.07. The van der Waals surface area contributed by atoms with E-state index < -0.39 is 0 Å². The van der Waals surface area contributed by atoms with Crippen LogP contribution in [0.25, 0.3) is 0 Å².